The second-order valence-electron chi connectivity index (χ2n) is 6.23. The first kappa shape index (κ1) is 17.1. The van der Waals surface area contributed by atoms with Crippen LogP contribution in [-0.2, 0) is 11.3 Å². The number of hydrogen-bond donors (Lipinski definition) is 2. The minimum atomic E-state index is -0.0360. The van der Waals surface area contributed by atoms with E-state index in [9.17, 15) is 9.59 Å². The van der Waals surface area contributed by atoms with Crippen molar-refractivity contribution >= 4 is 46.3 Å². The van der Waals surface area contributed by atoms with Crippen LogP contribution in [0.15, 0.2) is 36.0 Å². The maximum atomic E-state index is 12.2. The van der Waals surface area contributed by atoms with Crippen molar-refractivity contribution in [3.05, 3.63) is 52.0 Å². The van der Waals surface area contributed by atoms with E-state index in [0.717, 1.165) is 20.9 Å². The number of aliphatic hydroxyl groups excluding tert-OH is 1. The Morgan fingerprint density at radius 1 is 1.27 bits per heavy atom. The first-order chi connectivity index (χ1) is 12.5. The largest absolute Gasteiger partial charge is 0.395 e. The van der Waals surface area contributed by atoms with Gasteiger partial charge in [-0.3, -0.25) is 9.59 Å². The summed E-state index contributed by atoms with van der Waals surface area (Å²) in [4.78, 5) is 28.3. The van der Waals surface area contributed by atoms with E-state index in [0.29, 0.717) is 29.3 Å². The van der Waals surface area contributed by atoms with Gasteiger partial charge in [0, 0.05) is 28.4 Å². The van der Waals surface area contributed by atoms with Crippen molar-refractivity contribution in [2.75, 3.05) is 13.2 Å². The normalized spacial score (nSPS) is 18.0. The average Bonchev–Trinajstić information content (AvgIpc) is 3.28. The quantitative estimate of drug-likeness (QED) is 0.626. The molecule has 1 aromatic heterocycles. The summed E-state index contributed by atoms with van der Waals surface area (Å²) in [5.74, 6) is -0.0102. The highest BCUT2D eigenvalue weighted by molar-refractivity contribution is 7.80. The minimum absolute atomic E-state index is 0.0185. The molecule has 2 aromatic rings. The van der Waals surface area contributed by atoms with Crippen molar-refractivity contribution < 1.29 is 14.7 Å². The third-order valence-electron chi connectivity index (χ3n) is 4.45. The van der Waals surface area contributed by atoms with Crippen LogP contribution in [0, 0.1) is 0 Å². The van der Waals surface area contributed by atoms with Crippen LogP contribution in [0.3, 0.4) is 0 Å². The average molecular weight is 384 g/mol. The first-order valence-electron chi connectivity index (χ1n) is 8.23. The third-order valence-corrected chi connectivity index (χ3v) is 5.78. The van der Waals surface area contributed by atoms with Crippen LogP contribution in [0.2, 0.25) is 0 Å². The van der Waals surface area contributed by atoms with Crippen LogP contribution >= 0.6 is 23.6 Å². The highest BCUT2D eigenvalue weighted by Crippen LogP contribution is 2.33. The molecule has 1 fully saturated rings. The number of thiocarbonyl (C=S) groups is 1. The number of ketones is 1. The molecule has 1 saturated heterocycles. The molecule has 2 aliphatic heterocycles. The van der Waals surface area contributed by atoms with E-state index in [2.05, 4.69) is 5.32 Å². The minimum Gasteiger partial charge on any atom is -0.395 e. The Bertz CT molecular complexity index is 961. The van der Waals surface area contributed by atoms with E-state index in [-0.39, 0.29) is 24.7 Å². The van der Waals surface area contributed by atoms with Crippen LogP contribution in [0.4, 0.5) is 0 Å². The van der Waals surface area contributed by atoms with E-state index in [4.69, 9.17) is 17.3 Å². The molecule has 0 bridgehead atoms. The standard InChI is InChI=1S/C19H16N2O3S2/c22-6-5-21-10-12-7-11(1-3-14(12)19(21)24)17-4-2-13(26-17)8-15-16(23)9-18(25)20-15/h1-4,7-8,22H,5-6,9-10H2,(H,20,25)/b15-8+. The highest BCUT2D eigenvalue weighted by atomic mass is 32.1. The smallest absolute Gasteiger partial charge is 0.254 e. The Morgan fingerprint density at radius 2 is 2.12 bits per heavy atom. The summed E-state index contributed by atoms with van der Waals surface area (Å²) >= 11 is 6.62. The molecule has 26 heavy (non-hydrogen) atoms. The van der Waals surface area contributed by atoms with E-state index in [1.54, 1.807) is 16.2 Å². The lowest BCUT2D eigenvalue weighted by Crippen LogP contribution is -2.26. The van der Waals surface area contributed by atoms with Gasteiger partial charge >= 0.3 is 0 Å². The Morgan fingerprint density at radius 3 is 2.85 bits per heavy atom. The zero-order valence-electron chi connectivity index (χ0n) is 13.8. The molecule has 7 heteroatoms. The van der Waals surface area contributed by atoms with Gasteiger partial charge in [0.25, 0.3) is 5.91 Å². The van der Waals surface area contributed by atoms with Crippen molar-refractivity contribution in [3.63, 3.8) is 0 Å². The molecule has 2 aliphatic rings. The second kappa shape index (κ2) is 6.75. The predicted molar refractivity (Wildman–Crippen MR) is 105 cm³/mol. The van der Waals surface area contributed by atoms with Gasteiger partial charge in [0.05, 0.1) is 23.7 Å². The number of benzene rings is 1. The molecule has 4 rings (SSSR count). The lowest BCUT2D eigenvalue weighted by molar-refractivity contribution is -0.114. The molecular weight excluding hydrogens is 368 g/mol. The zero-order valence-corrected chi connectivity index (χ0v) is 15.5. The predicted octanol–water partition coefficient (Wildman–Crippen LogP) is 2.59. The Labute approximate surface area is 159 Å². The number of nitrogens with zero attached hydrogens (tertiary/aromatic N) is 1. The molecule has 132 valence electrons. The third kappa shape index (κ3) is 3.09. The van der Waals surface area contributed by atoms with Crippen LogP contribution < -0.4 is 5.32 Å². The molecule has 0 saturated carbocycles. The molecule has 0 aliphatic carbocycles. The summed E-state index contributed by atoms with van der Waals surface area (Å²) in [5, 5.41) is 12.0. The van der Waals surface area contributed by atoms with Gasteiger partial charge in [-0.05, 0) is 41.5 Å². The molecule has 1 aromatic carbocycles. The first-order valence-corrected chi connectivity index (χ1v) is 9.45. The molecule has 0 spiro atoms. The molecular formula is C19H16N2O3S2. The zero-order chi connectivity index (χ0) is 18.3. The molecule has 1 amide bonds. The van der Waals surface area contributed by atoms with Gasteiger partial charge in [0.15, 0.2) is 5.78 Å². The SMILES string of the molecule is O=C1CC(=S)N/C1=C/c1ccc(-c2ccc3c(c2)CN(CCO)C3=O)s1. The number of β-amino-alcohol motifs (C(OH)–C–C–N with tert-alkyl or cyclic N) is 1. The fourth-order valence-corrected chi connectivity index (χ4v) is 4.37. The van der Waals surface area contributed by atoms with Crippen molar-refractivity contribution in [3.8, 4) is 10.4 Å². The lowest BCUT2D eigenvalue weighted by Gasteiger charge is -2.12. The van der Waals surface area contributed by atoms with Gasteiger partial charge in [-0.2, -0.15) is 0 Å². The van der Waals surface area contributed by atoms with Crippen molar-refractivity contribution in [2.24, 2.45) is 0 Å². The van der Waals surface area contributed by atoms with Gasteiger partial charge in [-0.15, -0.1) is 11.3 Å². The van der Waals surface area contributed by atoms with Crippen LogP contribution in [0.5, 0.6) is 0 Å². The second-order valence-corrected chi connectivity index (χ2v) is 7.84. The van der Waals surface area contributed by atoms with Crippen molar-refractivity contribution in [1.82, 2.24) is 10.2 Å². The van der Waals surface area contributed by atoms with Crippen LogP contribution in [0.25, 0.3) is 16.5 Å². The molecule has 5 nitrogen and oxygen atoms in total. The summed E-state index contributed by atoms with van der Waals surface area (Å²) < 4.78 is 0. The number of amides is 1. The monoisotopic (exact) mass is 384 g/mol. The molecule has 0 atom stereocenters. The Kier molecular flexibility index (Phi) is 4.44. The molecule has 0 unspecified atom stereocenters. The summed E-state index contributed by atoms with van der Waals surface area (Å²) in [5.41, 5.74) is 3.27. The van der Waals surface area contributed by atoms with Gasteiger partial charge in [0.2, 0.25) is 0 Å². The topological polar surface area (TPSA) is 69.6 Å². The number of aliphatic hydroxyl groups is 1. The molecule has 3 heterocycles. The number of rotatable bonds is 4. The summed E-state index contributed by atoms with van der Waals surface area (Å²) in [7, 11) is 0. The maximum Gasteiger partial charge on any atom is 0.254 e. The number of hydrogen-bond acceptors (Lipinski definition) is 5. The van der Waals surface area contributed by atoms with E-state index in [1.807, 2.05) is 36.4 Å². The highest BCUT2D eigenvalue weighted by Gasteiger charge is 2.27. The number of carbonyl (C=O) groups excluding carboxylic acids is 2. The van der Waals surface area contributed by atoms with E-state index >= 15 is 0 Å². The number of fused-ring (bicyclic) bond motifs is 1. The van der Waals surface area contributed by atoms with E-state index in [1.165, 1.54) is 0 Å². The van der Waals surface area contributed by atoms with Crippen LogP contribution in [0.1, 0.15) is 27.2 Å². The van der Waals surface area contributed by atoms with Crippen LogP contribution in [-0.4, -0.2) is 39.8 Å². The fraction of sp³-hybridized carbons (Fsp3) is 0.211. The van der Waals surface area contributed by atoms with Gasteiger partial charge in [-0.1, -0.05) is 18.3 Å². The lowest BCUT2D eigenvalue weighted by atomic mass is 10.1. The Hall–Kier alpha value is -2.35. The van der Waals surface area contributed by atoms with Crippen molar-refractivity contribution in [1.29, 1.82) is 0 Å². The van der Waals surface area contributed by atoms with E-state index < -0.39 is 0 Å². The van der Waals surface area contributed by atoms with Gasteiger partial charge < -0.3 is 15.3 Å². The maximum absolute atomic E-state index is 12.2. The number of allylic oxidation sites excluding steroid dienone is 1. The Balaban J connectivity index is 1.59. The fourth-order valence-electron chi connectivity index (χ4n) is 3.19. The van der Waals surface area contributed by atoms with Gasteiger partial charge in [0.1, 0.15) is 0 Å². The molecule has 2 N–H and O–H groups in total. The molecule has 0 radical (unpaired) electrons. The van der Waals surface area contributed by atoms with Crippen molar-refractivity contribution in [2.45, 2.75) is 13.0 Å². The summed E-state index contributed by atoms with van der Waals surface area (Å²) in [6.45, 7) is 0.842. The summed E-state index contributed by atoms with van der Waals surface area (Å²) in [6.07, 6.45) is 2.11. The number of carbonyl (C=O) groups is 2. The summed E-state index contributed by atoms with van der Waals surface area (Å²) in [6, 6.07) is 9.80. The number of thiophene rings is 1. The van der Waals surface area contributed by atoms with Gasteiger partial charge in [-0.25, -0.2) is 0 Å². The number of Topliss-reactive ketones (excluding diaryl/α,β-unsaturated/α-hetero) is 1. The number of nitrogens with one attached hydrogen (secondary N) is 1.